The molecule has 3 N–H and O–H groups in total. The van der Waals surface area contributed by atoms with E-state index in [1.807, 2.05) is 13.0 Å². The van der Waals surface area contributed by atoms with Crippen molar-refractivity contribution in [1.82, 2.24) is 0 Å². The van der Waals surface area contributed by atoms with Crippen molar-refractivity contribution >= 4 is 16.0 Å². The van der Waals surface area contributed by atoms with E-state index in [0.717, 1.165) is 25.3 Å². The summed E-state index contributed by atoms with van der Waals surface area (Å²) in [5, 5.41) is 14.7. The molecular weight excluding hydrogens is 342 g/mol. The number of sulfonamides is 1. The van der Waals surface area contributed by atoms with Crippen molar-refractivity contribution in [3.63, 3.8) is 0 Å². The van der Waals surface area contributed by atoms with Crippen LogP contribution in [-0.2, 0) is 16.4 Å². The fourth-order valence-electron chi connectivity index (χ4n) is 2.49. The summed E-state index contributed by atoms with van der Waals surface area (Å²) in [6.07, 6.45) is 3.16. The Morgan fingerprint density at radius 1 is 1.16 bits per heavy atom. The van der Waals surface area contributed by atoms with Crippen LogP contribution in [0.25, 0.3) is 0 Å². The number of nitrogens with two attached hydrogens (primary N) is 1. The number of rotatable bonds is 8. The second-order valence-corrected chi connectivity index (χ2v) is 7.23. The molecule has 25 heavy (non-hydrogen) atoms. The first-order valence-corrected chi connectivity index (χ1v) is 9.53. The van der Waals surface area contributed by atoms with Gasteiger partial charge < -0.3 is 9.84 Å². The van der Waals surface area contributed by atoms with Crippen LogP contribution in [0.15, 0.2) is 47.4 Å². The number of para-hydroxylation sites is 1. The highest BCUT2D eigenvalue weighted by atomic mass is 32.2. The molecule has 7 heteroatoms. The van der Waals surface area contributed by atoms with Crippen molar-refractivity contribution in [1.29, 1.82) is 0 Å². The lowest BCUT2D eigenvalue weighted by atomic mass is 10.00. The number of ether oxygens (including phenoxy) is 1. The largest absolute Gasteiger partial charge is 0.478 e. The van der Waals surface area contributed by atoms with Gasteiger partial charge in [-0.25, -0.2) is 18.4 Å². The minimum atomic E-state index is -4.06. The van der Waals surface area contributed by atoms with Gasteiger partial charge in [-0.2, -0.15) is 0 Å². The van der Waals surface area contributed by atoms with Gasteiger partial charge in [0.15, 0.2) is 0 Å². The second kappa shape index (κ2) is 8.13. The summed E-state index contributed by atoms with van der Waals surface area (Å²) in [6, 6.07) is 11.2. The van der Waals surface area contributed by atoms with Crippen molar-refractivity contribution in [3.8, 4) is 11.5 Å². The standard InChI is InChI=1S/C18H21NO5S/c1-2-3-5-10-15-16(18(20)21)11-14(25(19,22)23)12-17(15)24-13-8-6-4-7-9-13/h4,6-9,11-12H,2-3,5,10H2,1H3,(H,20,21)(H2,19,22,23). The third-order valence-corrected chi connectivity index (χ3v) is 4.64. The summed E-state index contributed by atoms with van der Waals surface area (Å²) in [4.78, 5) is 11.4. The van der Waals surface area contributed by atoms with Crippen LogP contribution in [0.3, 0.4) is 0 Å². The quantitative estimate of drug-likeness (QED) is 0.697. The van der Waals surface area contributed by atoms with Gasteiger partial charge >= 0.3 is 5.97 Å². The van der Waals surface area contributed by atoms with Gasteiger partial charge in [-0.15, -0.1) is 0 Å². The first-order chi connectivity index (χ1) is 11.8. The molecule has 0 saturated heterocycles. The Morgan fingerprint density at radius 2 is 1.84 bits per heavy atom. The van der Waals surface area contributed by atoms with Crippen LogP contribution in [0.4, 0.5) is 0 Å². The number of unbranched alkanes of at least 4 members (excludes halogenated alkanes) is 2. The van der Waals surface area contributed by atoms with Crippen LogP contribution in [0.5, 0.6) is 11.5 Å². The zero-order chi connectivity index (χ0) is 18.4. The van der Waals surface area contributed by atoms with Gasteiger partial charge in [-0.05, 0) is 31.0 Å². The van der Waals surface area contributed by atoms with E-state index in [4.69, 9.17) is 9.88 Å². The summed E-state index contributed by atoms with van der Waals surface area (Å²) in [6.45, 7) is 2.05. The minimum absolute atomic E-state index is 0.103. The minimum Gasteiger partial charge on any atom is -0.478 e. The zero-order valence-electron chi connectivity index (χ0n) is 13.9. The van der Waals surface area contributed by atoms with Gasteiger partial charge in [0.2, 0.25) is 10.0 Å². The lowest BCUT2D eigenvalue weighted by molar-refractivity contribution is 0.0695. The Morgan fingerprint density at radius 3 is 2.40 bits per heavy atom. The number of hydrogen-bond acceptors (Lipinski definition) is 4. The highest BCUT2D eigenvalue weighted by Crippen LogP contribution is 2.32. The van der Waals surface area contributed by atoms with Crippen LogP contribution in [0, 0.1) is 0 Å². The highest BCUT2D eigenvalue weighted by Gasteiger charge is 2.21. The molecule has 0 amide bonds. The molecule has 0 heterocycles. The molecule has 2 aromatic rings. The molecule has 6 nitrogen and oxygen atoms in total. The van der Waals surface area contributed by atoms with E-state index < -0.39 is 16.0 Å². The summed E-state index contributed by atoms with van der Waals surface area (Å²) in [5.74, 6) is -0.525. The van der Waals surface area contributed by atoms with Crippen molar-refractivity contribution in [2.45, 2.75) is 37.5 Å². The molecule has 0 aliphatic carbocycles. The van der Waals surface area contributed by atoms with Gasteiger partial charge in [-0.3, -0.25) is 0 Å². The second-order valence-electron chi connectivity index (χ2n) is 5.67. The van der Waals surface area contributed by atoms with E-state index >= 15 is 0 Å². The van der Waals surface area contributed by atoms with Gasteiger partial charge in [0.1, 0.15) is 11.5 Å². The Bertz CT molecular complexity index is 847. The fourth-order valence-corrected chi connectivity index (χ4v) is 3.04. The molecule has 2 aromatic carbocycles. The van der Waals surface area contributed by atoms with Crippen molar-refractivity contribution in [3.05, 3.63) is 53.6 Å². The summed E-state index contributed by atoms with van der Waals surface area (Å²) < 4.78 is 29.2. The van der Waals surface area contributed by atoms with E-state index in [-0.39, 0.29) is 16.2 Å². The van der Waals surface area contributed by atoms with Gasteiger partial charge in [0.05, 0.1) is 10.5 Å². The van der Waals surface area contributed by atoms with Gasteiger partial charge in [0.25, 0.3) is 0 Å². The number of carboxylic acid groups (broad SMARTS) is 1. The van der Waals surface area contributed by atoms with Crippen LogP contribution in [0.2, 0.25) is 0 Å². The predicted molar refractivity (Wildman–Crippen MR) is 94.5 cm³/mol. The molecule has 0 radical (unpaired) electrons. The summed E-state index contributed by atoms with van der Waals surface area (Å²) in [5.41, 5.74) is 0.366. The van der Waals surface area contributed by atoms with E-state index in [1.54, 1.807) is 24.3 Å². The smallest absolute Gasteiger partial charge is 0.336 e. The third kappa shape index (κ3) is 5.04. The van der Waals surface area contributed by atoms with Crippen LogP contribution in [0.1, 0.15) is 42.1 Å². The van der Waals surface area contributed by atoms with Crippen LogP contribution < -0.4 is 9.88 Å². The maximum atomic E-state index is 11.7. The van der Waals surface area contributed by atoms with Crippen LogP contribution in [-0.4, -0.2) is 19.5 Å². The van der Waals surface area contributed by atoms with Crippen LogP contribution >= 0.6 is 0 Å². The lowest BCUT2D eigenvalue weighted by Gasteiger charge is -2.15. The maximum Gasteiger partial charge on any atom is 0.336 e. The average molecular weight is 363 g/mol. The van der Waals surface area contributed by atoms with Gasteiger partial charge in [-0.1, -0.05) is 38.0 Å². The summed E-state index contributed by atoms with van der Waals surface area (Å²) >= 11 is 0. The monoisotopic (exact) mass is 363 g/mol. The molecule has 134 valence electrons. The van der Waals surface area contributed by atoms with E-state index in [0.29, 0.717) is 17.7 Å². The number of primary sulfonamides is 1. The molecule has 0 bridgehead atoms. The first kappa shape index (κ1) is 19.0. The van der Waals surface area contributed by atoms with Crippen molar-refractivity contribution < 1.29 is 23.1 Å². The van der Waals surface area contributed by atoms with Gasteiger partial charge in [0, 0.05) is 11.6 Å². The van der Waals surface area contributed by atoms with E-state index in [2.05, 4.69) is 0 Å². The molecule has 0 aliphatic heterocycles. The number of carbonyl (C=O) groups is 1. The number of carboxylic acids is 1. The molecule has 0 aromatic heterocycles. The number of hydrogen-bond donors (Lipinski definition) is 2. The van der Waals surface area contributed by atoms with Crippen molar-refractivity contribution in [2.24, 2.45) is 5.14 Å². The molecule has 0 aliphatic rings. The maximum absolute atomic E-state index is 11.7. The number of aromatic carboxylic acids is 1. The molecule has 0 atom stereocenters. The fraction of sp³-hybridized carbons (Fsp3) is 0.278. The third-order valence-electron chi connectivity index (χ3n) is 3.74. The summed E-state index contributed by atoms with van der Waals surface area (Å²) in [7, 11) is -4.06. The Labute approximate surface area is 147 Å². The Hall–Kier alpha value is -2.38. The molecule has 0 saturated carbocycles. The van der Waals surface area contributed by atoms with E-state index in [1.165, 1.54) is 6.07 Å². The topological polar surface area (TPSA) is 107 Å². The SMILES string of the molecule is CCCCCc1c(Oc2ccccc2)cc(S(N)(=O)=O)cc1C(=O)O. The Balaban J connectivity index is 2.57. The van der Waals surface area contributed by atoms with Crippen molar-refractivity contribution in [2.75, 3.05) is 0 Å². The zero-order valence-corrected chi connectivity index (χ0v) is 14.8. The van der Waals surface area contributed by atoms with E-state index in [9.17, 15) is 18.3 Å². The Kier molecular flexibility index (Phi) is 6.17. The molecule has 2 rings (SSSR count). The normalized spacial score (nSPS) is 11.3. The molecule has 0 unspecified atom stereocenters. The number of benzene rings is 2. The predicted octanol–water partition coefficient (Wildman–Crippen LogP) is 3.56. The average Bonchev–Trinajstić information content (AvgIpc) is 2.55. The molecule has 0 fully saturated rings. The molecular formula is C18H21NO5S. The highest BCUT2D eigenvalue weighted by molar-refractivity contribution is 7.89. The molecule has 0 spiro atoms. The lowest BCUT2D eigenvalue weighted by Crippen LogP contribution is -2.15. The first-order valence-electron chi connectivity index (χ1n) is 7.99.